The van der Waals surface area contributed by atoms with Crippen LogP contribution in [0.1, 0.15) is 18.4 Å². The van der Waals surface area contributed by atoms with Crippen molar-refractivity contribution in [1.29, 1.82) is 0 Å². The molecule has 128 valence electrons. The van der Waals surface area contributed by atoms with E-state index in [0.29, 0.717) is 31.7 Å². The van der Waals surface area contributed by atoms with Gasteiger partial charge >= 0.3 is 12.0 Å². The van der Waals surface area contributed by atoms with Gasteiger partial charge in [-0.15, -0.1) is 0 Å². The molecule has 7 heteroatoms. The Morgan fingerprint density at radius 3 is 2.74 bits per heavy atom. The maximum atomic E-state index is 11.7. The van der Waals surface area contributed by atoms with Crippen LogP contribution in [0.4, 0.5) is 4.79 Å². The summed E-state index contributed by atoms with van der Waals surface area (Å²) in [5.41, 5.74) is 1.07. The van der Waals surface area contributed by atoms with Gasteiger partial charge in [0.05, 0.1) is 6.61 Å². The van der Waals surface area contributed by atoms with Gasteiger partial charge in [0.1, 0.15) is 11.8 Å². The van der Waals surface area contributed by atoms with Crippen LogP contribution in [0.15, 0.2) is 24.3 Å². The monoisotopic (exact) mass is 340 g/mol. The molecule has 3 N–H and O–H groups in total. The van der Waals surface area contributed by atoms with Crippen molar-refractivity contribution in [3.05, 3.63) is 29.8 Å². The first-order chi connectivity index (χ1) is 11.0. The highest BCUT2D eigenvalue weighted by Gasteiger charge is 2.18. The molecule has 0 aliphatic carbocycles. The lowest BCUT2D eigenvalue weighted by Crippen LogP contribution is -2.46. The number of thioether (sulfide) groups is 1. The molecule has 1 unspecified atom stereocenters. The molecule has 1 aromatic carbocycles. The van der Waals surface area contributed by atoms with Gasteiger partial charge in [-0.05, 0) is 43.4 Å². The highest BCUT2D eigenvalue weighted by Crippen LogP contribution is 2.15. The summed E-state index contributed by atoms with van der Waals surface area (Å²) in [4.78, 5) is 22.7. The van der Waals surface area contributed by atoms with Crippen LogP contribution < -0.4 is 15.4 Å². The first-order valence-electron chi connectivity index (χ1n) is 7.49. The number of aryl methyl sites for hydroxylation is 1. The average Bonchev–Trinajstić information content (AvgIpc) is 2.52. The molecular weight excluding hydrogens is 316 g/mol. The minimum atomic E-state index is -1.02. The van der Waals surface area contributed by atoms with Crippen LogP contribution in [0.2, 0.25) is 0 Å². The lowest BCUT2D eigenvalue weighted by atomic mass is 10.2. The summed E-state index contributed by atoms with van der Waals surface area (Å²) < 4.78 is 5.62. The molecule has 1 aromatic rings. The number of para-hydroxylation sites is 1. The molecule has 0 spiro atoms. The van der Waals surface area contributed by atoms with E-state index in [4.69, 9.17) is 9.84 Å². The summed E-state index contributed by atoms with van der Waals surface area (Å²) in [5.74, 6) is 0.499. The number of nitrogens with one attached hydrogen (secondary N) is 2. The van der Waals surface area contributed by atoms with Crippen molar-refractivity contribution < 1.29 is 19.4 Å². The van der Waals surface area contributed by atoms with Crippen molar-refractivity contribution in [1.82, 2.24) is 10.6 Å². The molecule has 0 aliphatic rings. The summed E-state index contributed by atoms with van der Waals surface area (Å²) in [7, 11) is 0. The Bertz CT molecular complexity index is 511. The van der Waals surface area contributed by atoms with Gasteiger partial charge in [-0.25, -0.2) is 9.59 Å². The topological polar surface area (TPSA) is 87.7 Å². The number of amides is 2. The third-order valence-corrected chi connectivity index (χ3v) is 3.82. The van der Waals surface area contributed by atoms with Crippen LogP contribution in [-0.4, -0.2) is 48.3 Å². The number of hydrogen-bond donors (Lipinski definition) is 3. The summed E-state index contributed by atoms with van der Waals surface area (Å²) in [6.07, 6.45) is 2.94. The Kier molecular flexibility index (Phi) is 8.97. The van der Waals surface area contributed by atoms with Gasteiger partial charge in [0.15, 0.2) is 0 Å². The Morgan fingerprint density at radius 1 is 1.35 bits per heavy atom. The number of urea groups is 1. The number of ether oxygens (including phenoxy) is 1. The molecule has 0 saturated carbocycles. The molecule has 1 atom stereocenters. The van der Waals surface area contributed by atoms with Crippen molar-refractivity contribution >= 4 is 23.8 Å². The molecule has 0 aromatic heterocycles. The third-order valence-electron chi connectivity index (χ3n) is 3.17. The quantitative estimate of drug-likeness (QED) is 0.569. The van der Waals surface area contributed by atoms with Crippen LogP contribution >= 0.6 is 11.8 Å². The molecule has 0 saturated heterocycles. The third kappa shape index (κ3) is 7.78. The molecule has 0 radical (unpaired) electrons. The fourth-order valence-electron chi connectivity index (χ4n) is 1.88. The van der Waals surface area contributed by atoms with Gasteiger partial charge in [0, 0.05) is 6.54 Å². The molecule has 0 fully saturated rings. The highest BCUT2D eigenvalue weighted by molar-refractivity contribution is 7.98. The highest BCUT2D eigenvalue weighted by atomic mass is 32.2. The zero-order valence-electron chi connectivity index (χ0n) is 13.5. The Labute approximate surface area is 141 Å². The Morgan fingerprint density at radius 2 is 2.09 bits per heavy atom. The predicted octanol–water partition coefficient (Wildman–Crippen LogP) is 2.27. The van der Waals surface area contributed by atoms with E-state index in [1.807, 2.05) is 37.4 Å². The van der Waals surface area contributed by atoms with E-state index < -0.39 is 18.0 Å². The lowest BCUT2D eigenvalue weighted by molar-refractivity contribution is -0.139. The number of carbonyl (C=O) groups is 2. The second kappa shape index (κ2) is 10.8. The van der Waals surface area contributed by atoms with Crippen molar-refractivity contribution in [2.75, 3.05) is 25.2 Å². The van der Waals surface area contributed by atoms with E-state index in [9.17, 15) is 9.59 Å². The zero-order valence-corrected chi connectivity index (χ0v) is 14.3. The number of rotatable bonds is 10. The summed E-state index contributed by atoms with van der Waals surface area (Å²) in [6.45, 7) is 2.88. The van der Waals surface area contributed by atoms with E-state index >= 15 is 0 Å². The normalized spacial score (nSPS) is 11.6. The van der Waals surface area contributed by atoms with Crippen LogP contribution in [0, 0.1) is 6.92 Å². The van der Waals surface area contributed by atoms with Gasteiger partial charge in [0.25, 0.3) is 0 Å². The maximum Gasteiger partial charge on any atom is 0.326 e. The average molecular weight is 340 g/mol. The van der Waals surface area contributed by atoms with E-state index in [1.165, 1.54) is 0 Å². The first-order valence-corrected chi connectivity index (χ1v) is 8.88. The largest absolute Gasteiger partial charge is 0.493 e. The fraction of sp³-hybridized carbons (Fsp3) is 0.500. The van der Waals surface area contributed by atoms with E-state index in [2.05, 4.69) is 10.6 Å². The van der Waals surface area contributed by atoms with Crippen LogP contribution in [0.5, 0.6) is 5.75 Å². The van der Waals surface area contributed by atoms with Crippen molar-refractivity contribution in [2.24, 2.45) is 0 Å². The predicted molar refractivity (Wildman–Crippen MR) is 92.2 cm³/mol. The van der Waals surface area contributed by atoms with E-state index in [0.717, 1.165) is 11.3 Å². The van der Waals surface area contributed by atoms with Crippen molar-refractivity contribution in [3.8, 4) is 5.75 Å². The molecule has 23 heavy (non-hydrogen) atoms. The molecule has 0 heterocycles. The first kappa shape index (κ1) is 19.2. The van der Waals surface area contributed by atoms with Crippen molar-refractivity contribution in [3.63, 3.8) is 0 Å². The smallest absolute Gasteiger partial charge is 0.326 e. The van der Waals surface area contributed by atoms with Crippen LogP contribution in [-0.2, 0) is 4.79 Å². The minimum Gasteiger partial charge on any atom is -0.493 e. The maximum absolute atomic E-state index is 11.7. The lowest BCUT2D eigenvalue weighted by Gasteiger charge is -2.15. The Hall–Kier alpha value is -1.89. The van der Waals surface area contributed by atoms with Gasteiger partial charge in [-0.3, -0.25) is 0 Å². The van der Waals surface area contributed by atoms with Gasteiger partial charge in [-0.2, -0.15) is 11.8 Å². The summed E-state index contributed by atoms with van der Waals surface area (Å²) >= 11 is 1.55. The molecule has 0 bridgehead atoms. The minimum absolute atomic E-state index is 0.403. The van der Waals surface area contributed by atoms with Gasteiger partial charge < -0.3 is 20.5 Å². The SMILES string of the molecule is CSCCC(NC(=O)NCCCOc1ccccc1C)C(=O)O. The van der Waals surface area contributed by atoms with Crippen molar-refractivity contribution in [2.45, 2.75) is 25.8 Å². The number of aliphatic carboxylic acids is 1. The van der Waals surface area contributed by atoms with Gasteiger partial charge in [-0.1, -0.05) is 18.2 Å². The van der Waals surface area contributed by atoms with E-state index in [-0.39, 0.29) is 0 Å². The molecule has 2 amide bonds. The van der Waals surface area contributed by atoms with E-state index in [1.54, 1.807) is 11.8 Å². The standard InChI is InChI=1S/C16H24N2O4S/c1-12-6-3-4-7-14(12)22-10-5-9-17-16(21)18-13(15(19)20)8-11-23-2/h3-4,6-7,13H,5,8-11H2,1-2H3,(H,19,20)(H2,17,18,21). The molecule has 0 aliphatic heterocycles. The molecular formula is C16H24N2O4S. The number of carboxylic acid groups (broad SMARTS) is 1. The number of hydrogen-bond acceptors (Lipinski definition) is 4. The molecule has 1 rings (SSSR count). The Balaban J connectivity index is 2.20. The molecule has 6 nitrogen and oxygen atoms in total. The number of carbonyl (C=O) groups excluding carboxylic acids is 1. The second-order valence-corrected chi connectivity index (χ2v) is 6.03. The summed E-state index contributed by atoms with van der Waals surface area (Å²) in [6, 6.07) is 6.42. The van der Waals surface area contributed by atoms with Gasteiger partial charge in [0.2, 0.25) is 0 Å². The summed E-state index contributed by atoms with van der Waals surface area (Å²) in [5, 5.41) is 14.1. The van der Waals surface area contributed by atoms with Crippen LogP contribution in [0.25, 0.3) is 0 Å². The fourth-order valence-corrected chi connectivity index (χ4v) is 2.35. The van der Waals surface area contributed by atoms with Crippen LogP contribution in [0.3, 0.4) is 0 Å². The zero-order chi connectivity index (χ0) is 17.1. The number of carboxylic acids is 1. The number of benzene rings is 1. The second-order valence-electron chi connectivity index (χ2n) is 5.04.